The van der Waals surface area contributed by atoms with Crippen LogP contribution in [-0.4, -0.2) is 6.71 Å². The molecule has 3 nitrogen and oxygen atoms in total. The van der Waals surface area contributed by atoms with Gasteiger partial charge in [-0.1, -0.05) is 0 Å². The van der Waals surface area contributed by atoms with Gasteiger partial charge in [-0.3, -0.25) is 0 Å². The summed E-state index contributed by atoms with van der Waals surface area (Å²) in [4.78, 5) is 0. The zero-order valence-electron chi connectivity index (χ0n) is 15.5. The van der Waals surface area contributed by atoms with E-state index in [2.05, 4.69) is 0 Å². The molecular formula is C21H9BF6O3. The Hall–Kier alpha value is -3.30. The van der Waals surface area contributed by atoms with Crippen molar-refractivity contribution in [2.75, 3.05) is 0 Å². The third kappa shape index (κ3) is 2.50. The molecule has 31 heavy (non-hydrogen) atoms. The summed E-state index contributed by atoms with van der Waals surface area (Å²) in [6.07, 6.45) is -9.38. The van der Waals surface area contributed by atoms with Crippen LogP contribution in [0.25, 0.3) is 0 Å². The Morgan fingerprint density at radius 3 is 1.13 bits per heavy atom. The monoisotopic (exact) mass is 434 g/mol. The first kappa shape index (κ1) is 18.5. The van der Waals surface area contributed by atoms with Crippen LogP contribution in [0.4, 0.5) is 26.3 Å². The molecule has 3 aromatic carbocycles. The van der Waals surface area contributed by atoms with Crippen LogP contribution in [0.15, 0.2) is 36.4 Å². The van der Waals surface area contributed by atoms with Gasteiger partial charge in [-0.05, 0) is 48.9 Å². The molecule has 0 aromatic heterocycles. The summed E-state index contributed by atoms with van der Waals surface area (Å²) in [5.74, 6) is 0.139. The van der Waals surface area contributed by atoms with Gasteiger partial charge < -0.3 is 14.2 Å². The standard InChI is InChI=1S/C21H9BF6O3/c1-8-2-11-17-12(3-8)30-14-5-10(21(26,27)28)7-16-19(14)22(17)18-13(29-11)4-9(20(23,24)25)6-15(18)31-16/h2-7H,1H3. The van der Waals surface area contributed by atoms with Crippen LogP contribution in [-0.2, 0) is 12.4 Å². The summed E-state index contributed by atoms with van der Waals surface area (Å²) in [5, 5.41) is 0. The van der Waals surface area contributed by atoms with Gasteiger partial charge in [-0.15, -0.1) is 0 Å². The van der Waals surface area contributed by atoms with E-state index in [1.54, 1.807) is 19.1 Å². The minimum absolute atomic E-state index is 0.0442. The van der Waals surface area contributed by atoms with E-state index >= 15 is 0 Å². The highest BCUT2D eigenvalue weighted by atomic mass is 19.4. The van der Waals surface area contributed by atoms with Crippen molar-refractivity contribution in [3.8, 4) is 34.5 Å². The first-order valence-corrected chi connectivity index (χ1v) is 9.19. The zero-order valence-corrected chi connectivity index (χ0v) is 15.5. The number of benzene rings is 3. The van der Waals surface area contributed by atoms with E-state index in [9.17, 15) is 26.3 Å². The highest BCUT2D eigenvalue weighted by Crippen LogP contribution is 2.46. The normalized spacial score (nSPS) is 15.0. The molecule has 3 aliphatic rings. The quantitative estimate of drug-likeness (QED) is 0.253. The maximum atomic E-state index is 13.5. The Morgan fingerprint density at radius 2 is 0.839 bits per heavy atom. The molecule has 0 spiro atoms. The maximum Gasteiger partial charge on any atom is 0.416 e. The summed E-state index contributed by atoms with van der Waals surface area (Å²) < 4.78 is 97.9. The lowest BCUT2D eigenvalue weighted by atomic mass is 9.33. The minimum Gasteiger partial charge on any atom is -0.458 e. The highest BCUT2D eigenvalue weighted by Gasteiger charge is 2.49. The molecule has 6 rings (SSSR count). The minimum atomic E-state index is -4.69. The van der Waals surface area contributed by atoms with E-state index in [4.69, 9.17) is 14.2 Å². The summed E-state index contributed by atoms with van der Waals surface area (Å²) >= 11 is 0. The summed E-state index contributed by atoms with van der Waals surface area (Å²) in [7, 11) is 0. The lowest BCUT2D eigenvalue weighted by Gasteiger charge is -2.38. The highest BCUT2D eigenvalue weighted by molar-refractivity contribution is 6.99. The third-order valence-electron chi connectivity index (χ3n) is 5.64. The summed E-state index contributed by atoms with van der Waals surface area (Å²) in [6, 6.07) is 6.68. The molecule has 0 N–H and O–H groups in total. The molecule has 3 aliphatic heterocycles. The summed E-state index contributed by atoms with van der Waals surface area (Å²) in [5.41, 5.74) is -0.117. The first-order chi connectivity index (χ1) is 14.5. The van der Waals surface area contributed by atoms with Crippen molar-refractivity contribution in [2.24, 2.45) is 0 Å². The van der Waals surface area contributed by atoms with E-state index in [1.807, 2.05) is 0 Å². The Morgan fingerprint density at radius 1 is 0.548 bits per heavy atom. The molecule has 0 amide bonds. The topological polar surface area (TPSA) is 27.7 Å². The van der Waals surface area contributed by atoms with Gasteiger partial charge >= 0.3 is 12.4 Å². The van der Waals surface area contributed by atoms with E-state index < -0.39 is 30.2 Å². The first-order valence-electron chi connectivity index (χ1n) is 9.19. The molecule has 3 aromatic rings. The number of aryl methyl sites for hydroxylation is 1. The van der Waals surface area contributed by atoms with Crippen LogP contribution in [0.5, 0.6) is 34.5 Å². The molecule has 156 valence electrons. The average Bonchev–Trinajstić information content (AvgIpc) is 2.65. The second kappa shape index (κ2) is 5.49. The Bertz CT molecular complexity index is 1220. The number of halogens is 6. The lowest BCUT2D eigenvalue weighted by molar-refractivity contribution is -0.138. The molecule has 0 unspecified atom stereocenters. The fourth-order valence-electron chi connectivity index (χ4n) is 4.41. The second-order valence-electron chi connectivity index (χ2n) is 7.68. The molecule has 10 heteroatoms. The molecule has 0 saturated heterocycles. The van der Waals surface area contributed by atoms with Gasteiger partial charge in [-0.2, -0.15) is 26.3 Å². The van der Waals surface area contributed by atoms with E-state index in [-0.39, 0.29) is 23.0 Å². The van der Waals surface area contributed by atoms with Gasteiger partial charge in [0.15, 0.2) is 0 Å². The van der Waals surface area contributed by atoms with Crippen molar-refractivity contribution in [1.29, 1.82) is 0 Å². The van der Waals surface area contributed by atoms with Crippen LogP contribution in [0.1, 0.15) is 16.7 Å². The number of alkyl halides is 6. The fourth-order valence-corrected chi connectivity index (χ4v) is 4.41. The van der Waals surface area contributed by atoms with Crippen LogP contribution >= 0.6 is 0 Å². The number of rotatable bonds is 0. The van der Waals surface area contributed by atoms with Crippen LogP contribution < -0.4 is 30.6 Å². The second-order valence-corrected chi connectivity index (χ2v) is 7.68. The van der Waals surface area contributed by atoms with Crippen molar-refractivity contribution in [2.45, 2.75) is 19.3 Å². The van der Waals surface area contributed by atoms with Crippen molar-refractivity contribution < 1.29 is 40.6 Å². The van der Waals surface area contributed by atoms with Crippen molar-refractivity contribution in [1.82, 2.24) is 0 Å². The van der Waals surface area contributed by atoms with Crippen molar-refractivity contribution >= 4 is 23.1 Å². The zero-order chi connectivity index (χ0) is 21.9. The summed E-state index contributed by atoms with van der Waals surface area (Å²) in [6.45, 7) is 1.06. The number of hydrogen-bond donors (Lipinski definition) is 0. The lowest BCUT2D eigenvalue weighted by Crippen LogP contribution is -2.59. The van der Waals surface area contributed by atoms with Gasteiger partial charge in [0.25, 0.3) is 6.71 Å². The number of ether oxygens (including phenoxy) is 3. The molecule has 0 bridgehead atoms. The predicted molar refractivity (Wildman–Crippen MR) is 98.9 cm³/mol. The van der Waals surface area contributed by atoms with Crippen molar-refractivity contribution in [3.63, 3.8) is 0 Å². The number of hydrogen-bond acceptors (Lipinski definition) is 3. The molecule has 3 heterocycles. The van der Waals surface area contributed by atoms with E-state index in [0.29, 0.717) is 33.5 Å². The molecule has 0 saturated carbocycles. The molecule has 0 atom stereocenters. The molecule has 0 radical (unpaired) electrons. The van der Waals surface area contributed by atoms with Crippen LogP contribution in [0.3, 0.4) is 0 Å². The average molecular weight is 434 g/mol. The van der Waals surface area contributed by atoms with Crippen LogP contribution in [0, 0.1) is 6.92 Å². The van der Waals surface area contributed by atoms with E-state index in [0.717, 1.165) is 24.3 Å². The Labute approximate surface area is 171 Å². The molecule has 0 aliphatic carbocycles. The van der Waals surface area contributed by atoms with Crippen LogP contribution in [0.2, 0.25) is 0 Å². The third-order valence-corrected chi connectivity index (χ3v) is 5.64. The van der Waals surface area contributed by atoms with Gasteiger partial charge in [0.1, 0.15) is 34.5 Å². The van der Waals surface area contributed by atoms with Gasteiger partial charge in [0.2, 0.25) is 0 Å². The van der Waals surface area contributed by atoms with Gasteiger partial charge in [-0.25, -0.2) is 0 Å². The fraction of sp³-hybridized carbons (Fsp3) is 0.143. The smallest absolute Gasteiger partial charge is 0.416 e. The molecular weight excluding hydrogens is 425 g/mol. The largest absolute Gasteiger partial charge is 0.458 e. The predicted octanol–water partition coefficient (Wildman–Crippen LogP) is 4.87. The maximum absolute atomic E-state index is 13.5. The van der Waals surface area contributed by atoms with Crippen molar-refractivity contribution in [3.05, 3.63) is 53.1 Å². The Kier molecular flexibility index (Phi) is 3.27. The van der Waals surface area contributed by atoms with Gasteiger partial charge in [0, 0.05) is 16.4 Å². The van der Waals surface area contributed by atoms with Gasteiger partial charge in [0.05, 0.1) is 11.1 Å². The SMILES string of the molecule is Cc1cc2c3c(c1)Oc1cc(C(F)(F)F)cc4c1B3c1c(cc(C(F)(F)F)cc1O4)O2. The van der Waals surface area contributed by atoms with E-state index in [1.165, 1.54) is 0 Å². The molecule has 0 fully saturated rings. The Balaban J connectivity index is 1.70.